The Morgan fingerprint density at radius 1 is 1.35 bits per heavy atom. The third-order valence-electron chi connectivity index (χ3n) is 3.91. The number of nitro benzene ring substituents is 1. The topological polar surface area (TPSA) is 128 Å². The smallest absolute Gasteiger partial charge is 0.404 e. The van der Waals surface area contributed by atoms with Gasteiger partial charge in [0, 0.05) is 26.2 Å². The summed E-state index contributed by atoms with van der Waals surface area (Å²) in [6, 6.07) is 4.40. The molecule has 0 heterocycles. The number of nitro groups is 1. The molecule has 0 aliphatic carbocycles. The first-order valence-corrected chi connectivity index (χ1v) is 8.45. The van der Waals surface area contributed by atoms with Crippen LogP contribution in [0.5, 0.6) is 0 Å². The van der Waals surface area contributed by atoms with E-state index in [1.165, 1.54) is 17.0 Å². The van der Waals surface area contributed by atoms with E-state index >= 15 is 0 Å². The molecule has 1 aromatic carbocycles. The Balaban J connectivity index is 2.91. The molecule has 0 radical (unpaired) electrons. The van der Waals surface area contributed by atoms with Crippen LogP contribution in [0.3, 0.4) is 0 Å². The summed E-state index contributed by atoms with van der Waals surface area (Å²) in [7, 11) is 3.20. The first-order valence-electron chi connectivity index (χ1n) is 8.45. The van der Waals surface area contributed by atoms with Gasteiger partial charge in [0.2, 0.25) is 0 Å². The van der Waals surface area contributed by atoms with Crippen molar-refractivity contribution in [1.29, 1.82) is 0 Å². The Morgan fingerprint density at radius 3 is 2.58 bits per heavy atom. The molecule has 3 N–H and O–H groups in total. The first-order chi connectivity index (χ1) is 12.3. The number of rotatable bonds is 10. The summed E-state index contributed by atoms with van der Waals surface area (Å²) in [5, 5.41) is 14.5. The van der Waals surface area contributed by atoms with Crippen molar-refractivity contribution in [2.75, 3.05) is 26.0 Å². The minimum absolute atomic E-state index is 0.0570. The monoisotopic (exact) mass is 366 g/mol. The molecule has 0 aromatic heterocycles. The normalized spacial score (nSPS) is 11.5. The second-order valence-electron chi connectivity index (χ2n) is 6.07. The Kier molecular flexibility index (Phi) is 8.33. The van der Waals surface area contributed by atoms with Gasteiger partial charge < -0.3 is 20.7 Å². The number of nitrogens with two attached hydrogens (primary N) is 1. The molecule has 1 rings (SSSR count). The van der Waals surface area contributed by atoms with Crippen LogP contribution in [0, 0.1) is 10.1 Å². The number of carbonyl (C=O) groups excluding carboxylic acids is 2. The molecule has 0 bridgehead atoms. The fourth-order valence-electron chi connectivity index (χ4n) is 2.51. The standard InChI is InChI=1S/C17H26N4O5/c1-4-12(8-5-6-11-26-17(18)23)19-15-13(16(22)20(2)3)9-7-10-14(15)21(24)25/h7,9-10,12,19H,4-6,8,11H2,1-3H3,(H2,18,23). The lowest BCUT2D eigenvalue weighted by Crippen LogP contribution is -2.26. The van der Waals surface area contributed by atoms with E-state index < -0.39 is 11.0 Å². The van der Waals surface area contributed by atoms with Crippen molar-refractivity contribution in [3.8, 4) is 0 Å². The molecule has 1 unspecified atom stereocenters. The maximum absolute atomic E-state index is 12.4. The highest BCUT2D eigenvalue weighted by atomic mass is 16.6. The fourth-order valence-corrected chi connectivity index (χ4v) is 2.51. The first kappa shape index (κ1) is 21.2. The van der Waals surface area contributed by atoms with Gasteiger partial charge in [-0.3, -0.25) is 14.9 Å². The van der Waals surface area contributed by atoms with E-state index in [2.05, 4.69) is 10.1 Å². The molecular formula is C17H26N4O5. The number of hydrogen-bond acceptors (Lipinski definition) is 6. The summed E-state index contributed by atoms with van der Waals surface area (Å²) in [4.78, 5) is 35.2. The van der Waals surface area contributed by atoms with E-state index in [4.69, 9.17) is 5.73 Å². The molecule has 1 atom stereocenters. The number of benzene rings is 1. The van der Waals surface area contributed by atoms with Crippen LogP contribution < -0.4 is 11.1 Å². The highest BCUT2D eigenvalue weighted by Crippen LogP contribution is 2.30. The lowest BCUT2D eigenvalue weighted by Gasteiger charge is -2.21. The van der Waals surface area contributed by atoms with E-state index in [1.807, 2.05) is 6.92 Å². The number of unbranched alkanes of at least 4 members (excludes halogenated alkanes) is 1. The number of amides is 2. The zero-order valence-electron chi connectivity index (χ0n) is 15.4. The van der Waals surface area contributed by atoms with E-state index in [1.54, 1.807) is 20.2 Å². The quantitative estimate of drug-likeness (QED) is 0.372. The minimum Gasteiger partial charge on any atom is -0.450 e. The molecular weight excluding hydrogens is 340 g/mol. The summed E-state index contributed by atoms with van der Waals surface area (Å²) in [6.07, 6.45) is 2.01. The van der Waals surface area contributed by atoms with Gasteiger partial charge in [-0.15, -0.1) is 0 Å². The van der Waals surface area contributed by atoms with Crippen LogP contribution in [0.4, 0.5) is 16.2 Å². The maximum atomic E-state index is 12.4. The van der Waals surface area contributed by atoms with Gasteiger partial charge in [-0.05, 0) is 31.7 Å². The molecule has 0 saturated carbocycles. The maximum Gasteiger partial charge on any atom is 0.404 e. The van der Waals surface area contributed by atoms with Crippen molar-refractivity contribution in [3.05, 3.63) is 33.9 Å². The molecule has 1 aromatic rings. The Bertz CT molecular complexity index is 648. The van der Waals surface area contributed by atoms with Crippen LogP contribution in [0.25, 0.3) is 0 Å². The number of primary amides is 1. The number of para-hydroxylation sites is 1. The van der Waals surface area contributed by atoms with E-state index in [9.17, 15) is 19.7 Å². The molecule has 9 heteroatoms. The fraction of sp³-hybridized carbons (Fsp3) is 0.529. The number of nitrogens with one attached hydrogen (secondary N) is 1. The van der Waals surface area contributed by atoms with Crippen LogP contribution in [0.2, 0.25) is 0 Å². The Labute approximate surface area is 152 Å². The highest BCUT2D eigenvalue weighted by Gasteiger charge is 2.24. The molecule has 26 heavy (non-hydrogen) atoms. The van der Waals surface area contributed by atoms with Gasteiger partial charge in [0.25, 0.3) is 11.6 Å². The minimum atomic E-state index is -0.804. The molecule has 0 saturated heterocycles. The highest BCUT2D eigenvalue weighted by molar-refractivity contribution is 6.01. The van der Waals surface area contributed by atoms with Gasteiger partial charge in [0.15, 0.2) is 0 Å². The average Bonchev–Trinajstić information content (AvgIpc) is 2.59. The van der Waals surface area contributed by atoms with Crippen molar-refractivity contribution in [3.63, 3.8) is 0 Å². The van der Waals surface area contributed by atoms with Gasteiger partial charge >= 0.3 is 6.09 Å². The molecule has 0 aliphatic heterocycles. The SMILES string of the molecule is CCC(CCCCOC(N)=O)Nc1c(C(=O)N(C)C)cccc1[N+](=O)[O-]. The van der Waals surface area contributed by atoms with Crippen molar-refractivity contribution in [2.24, 2.45) is 5.73 Å². The Morgan fingerprint density at radius 2 is 2.04 bits per heavy atom. The third-order valence-corrected chi connectivity index (χ3v) is 3.91. The summed E-state index contributed by atoms with van der Waals surface area (Å²) in [5.41, 5.74) is 5.27. The van der Waals surface area contributed by atoms with Gasteiger partial charge in [-0.1, -0.05) is 13.0 Å². The zero-order chi connectivity index (χ0) is 19.7. The van der Waals surface area contributed by atoms with Crippen molar-refractivity contribution < 1.29 is 19.2 Å². The predicted molar refractivity (Wildman–Crippen MR) is 98.2 cm³/mol. The molecule has 2 amide bonds. The number of hydrogen-bond donors (Lipinski definition) is 2. The van der Waals surface area contributed by atoms with Crippen molar-refractivity contribution in [1.82, 2.24) is 4.90 Å². The molecule has 144 valence electrons. The van der Waals surface area contributed by atoms with Crippen LogP contribution >= 0.6 is 0 Å². The van der Waals surface area contributed by atoms with Crippen LogP contribution in [0.1, 0.15) is 43.0 Å². The number of ether oxygens (including phenoxy) is 1. The number of anilines is 1. The van der Waals surface area contributed by atoms with Crippen LogP contribution in [-0.4, -0.2) is 48.6 Å². The van der Waals surface area contributed by atoms with E-state index in [0.717, 1.165) is 12.8 Å². The predicted octanol–water partition coefficient (Wildman–Crippen LogP) is 2.75. The second kappa shape index (κ2) is 10.2. The van der Waals surface area contributed by atoms with Crippen LogP contribution in [-0.2, 0) is 4.74 Å². The van der Waals surface area contributed by atoms with Crippen molar-refractivity contribution >= 4 is 23.4 Å². The van der Waals surface area contributed by atoms with Gasteiger partial charge in [-0.25, -0.2) is 4.79 Å². The molecule has 0 fully saturated rings. The van der Waals surface area contributed by atoms with Gasteiger partial charge in [0.05, 0.1) is 17.1 Å². The lowest BCUT2D eigenvalue weighted by atomic mass is 10.0. The third kappa shape index (κ3) is 6.23. The molecule has 9 nitrogen and oxygen atoms in total. The zero-order valence-corrected chi connectivity index (χ0v) is 15.4. The van der Waals surface area contributed by atoms with E-state index in [0.29, 0.717) is 12.8 Å². The van der Waals surface area contributed by atoms with Gasteiger partial charge in [0.1, 0.15) is 5.69 Å². The summed E-state index contributed by atoms with van der Waals surface area (Å²) >= 11 is 0. The van der Waals surface area contributed by atoms with Crippen LogP contribution in [0.15, 0.2) is 18.2 Å². The van der Waals surface area contributed by atoms with Gasteiger partial charge in [-0.2, -0.15) is 0 Å². The van der Waals surface area contributed by atoms with Crippen molar-refractivity contribution in [2.45, 2.75) is 38.6 Å². The largest absolute Gasteiger partial charge is 0.450 e. The van der Waals surface area contributed by atoms with E-state index in [-0.39, 0.29) is 35.5 Å². The summed E-state index contributed by atoms with van der Waals surface area (Å²) in [5.74, 6) is -0.305. The Hall–Kier alpha value is -2.84. The summed E-state index contributed by atoms with van der Waals surface area (Å²) in [6.45, 7) is 2.20. The molecule has 0 spiro atoms. The summed E-state index contributed by atoms with van der Waals surface area (Å²) < 4.78 is 4.68. The molecule has 0 aliphatic rings. The average molecular weight is 366 g/mol. The number of nitrogens with zero attached hydrogens (tertiary/aromatic N) is 2. The second-order valence-corrected chi connectivity index (χ2v) is 6.07. The lowest BCUT2D eigenvalue weighted by molar-refractivity contribution is -0.384. The number of carbonyl (C=O) groups is 2.